The summed E-state index contributed by atoms with van der Waals surface area (Å²) < 4.78 is 4.82. The highest BCUT2D eigenvalue weighted by Gasteiger charge is 2.19. The second-order valence-electron chi connectivity index (χ2n) is 10.3. The van der Waals surface area contributed by atoms with Crippen molar-refractivity contribution in [2.75, 3.05) is 24.9 Å². The number of anilines is 3. The summed E-state index contributed by atoms with van der Waals surface area (Å²) in [4.78, 5) is 50.8. The first-order chi connectivity index (χ1) is 21.6. The van der Waals surface area contributed by atoms with Crippen molar-refractivity contribution in [2.45, 2.75) is 33.5 Å². The number of carbonyl (C=O) groups excluding carboxylic acids is 2. The van der Waals surface area contributed by atoms with Crippen molar-refractivity contribution >= 4 is 34.9 Å². The normalized spacial score (nSPS) is 10.8. The van der Waals surface area contributed by atoms with E-state index in [1.165, 1.54) is 26.4 Å². The summed E-state index contributed by atoms with van der Waals surface area (Å²) in [5, 5.41) is 24.7. The minimum atomic E-state index is -1.21. The number of amides is 1. The molecule has 0 atom stereocenters. The third kappa shape index (κ3) is 8.31. The van der Waals surface area contributed by atoms with Gasteiger partial charge in [-0.2, -0.15) is 0 Å². The van der Waals surface area contributed by atoms with Gasteiger partial charge in [-0.1, -0.05) is 36.4 Å². The number of hydrogen-bond acceptors (Lipinski definition) is 9. The molecule has 0 saturated heterocycles. The minimum Gasteiger partial charge on any atom is -0.478 e. The van der Waals surface area contributed by atoms with Gasteiger partial charge in [0.1, 0.15) is 13.2 Å². The molecule has 0 unspecified atom stereocenters. The van der Waals surface area contributed by atoms with Gasteiger partial charge in [0.15, 0.2) is 0 Å². The molecule has 4 aromatic rings. The smallest absolute Gasteiger partial charge is 0.337 e. The number of ether oxygens (including phenoxy) is 1. The van der Waals surface area contributed by atoms with E-state index in [4.69, 9.17) is 14.9 Å². The van der Waals surface area contributed by atoms with Crippen LogP contribution in [0.15, 0.2) is 72.8 Å². The van der Waals surface area contributed by atoms with E-state index in [9.17, 15) is 19.5 Å². The van der Waals surface area contributed by atoms with Gasteiger partial charge in [-0.3, -0.25) is 10.1 Å². The van der Waals surface area contributed by atoms with Crippen molar-refractivity contribution in [1.29, 1.82) is 0 Å². The molecule has 11 heteroatoms. The average molecular weight is 615 g/mol. The van der Waals surface area contributed by atoms with Crippen molar-refractivity contribution in [3.63, 3.8) is 0 Å². The fourth-order valence-electron chi connectivity index (χ4n) is 4.84. The number of rotatable bonds is 13. The summed E-state index contributed by atoms with van der Waals surface area (Å²) in [6, 6.07) is 21.0. The lowest BCUT2D eigenvalue weighted by atomic mass is 9.99. The van der Waals surface area contributed by atoms with E-state index in [0.29, 0.717) is 34.5 Å². The Morgan fingerprint density at radius 3 is 2.00 bits per heavy atom. The quantitative estimate of drug-likeness (QED) is 0.0752. The van der Waals surface area contributed by atoms with Crippen LogP contribution in [0.2, 0.25) is 0 Å². The molecule has 0 fully saturated rings. The predicted molar refractivity (Wildman–Crippen MR) is 167 cm³/mol. The van der Waals surface area contributed by atoms with E-state index < -0.39 is 17.8 Å². The molecule has 0 radical (unpaired) electrons. The summed E-state index contributed by atoms with van der Waals surface area (Å²) in [7, 11) is 2.67. The number of nitrogens with one attached hydrogen (secondary N) is 2. The first-order valence-corrected chi connectivity index (χ1v) is 13.9. The Kier molecular flexibility index (Phi) is 11.0. The highest BCUT2D eigenvalue weighted by atomic mass is 17.2. The van der Waals surface area contributed by atoms with Gasteiger partial charge in [0, 0.05) is 22.6 Å². The molecule has 4 N–H and O–H groups in total. The monoisotopic (exact) mass is 614 g/mol. The number of esters is 1. The van der Waals surface area contributed by atoms with Crippen LogP contribution in [0.3, 0.4) is 0 Å². The van der Waals surface area contributed by atoms with Crippen molar-refractivity contribution < 1.29 is 44.1 Å². The Balaban J connectivity index is 1.49. The van der Waals surface area contributed by atoms with Gasteiger partial charge < -0.3 is 20.5 Å². The summed E-state index contributed by atoms with van der Waals surface area (Å²) in [6.07, 6.45) is 0.627. The van der Waals surface area contributed by atoms with Crippen LogP contribution in [0.25, 0.3) is 0 Å². The zero-order valence-corrected chi connectivity index (χ0v) is 25.3. The van der Waals surface area contributed by atoms with E-state index in [1.54, 1.807) is 30.3 Å². The van der Waals surface area contributed by atoms with Crippen LogP contribution in [-0.4, -0.2) is 42.4 Å². The van der Waals surface area contributed by atoms with Crippen LogP contribution < -0.4 is 10.6 Å². The summed E-state index contributed by atoms with van der Waals surface area (Å²) in [6.45, 7) is 3.83. The van der Waals surface area contributed by atoms with Gasteiger partial charge in [0.25, 0.3) is 5.91 Å². The molecule has 4 aromatic carbocycles. The van der Waals surface area contributed by atoms with E-state index in [0.717, 1.165) is 27.9 Å². The fourth-order valence-corrected chi connectivity index (χ4v) is 4.84. The van der Waals surface area contributed by atoms with E-state index >= 15 is 0 Å². The molecule has 45 heavy (non-hydrogen) atoms. The summed E-state index contributed by atoms with van der Waals surface area (Å²) >= 11 is 0. The van der Waals surface area contributed by atoms with E-state index in [2.05, 4.69) is 20.4 Å². The molecule has 0 saturated carbocycles. The van der Waals surface area contributed by atoms with Gasteiger partial charge >= 0.3 is 11.9 Å². The number of methoxy groups -OCH3 is 1. The molecule has 0 aliphatic rings. The Labute approximate surface area is 260 Å². The van der Waals surface area contributed by atoms with Crippen molar-refractivity contribution in [3.8, 4) is 0 Å². The average Bonchev–Trinajstić information content (AvgIpc) is 3.02. The highest BCUT2D eigenvalue weighted by molar-refractivity contribution is 6.11. The molecule has 0 aliphatic carbocycles. The first-order valence-electron chi connectivity index (χ1n) is 13.9. The number of carboxylic acid groups (broad SMARTS) is 1. The molecule has 0 aromatic heterocycles. The maximum absolute atomic E-state index is 13.1. The minimum absolute atomic E-state index is 0.0142. The van der Waals surface area contributed by atoms with E-state index in [1.807, 2.05) is 44.2 Å². The number of carboxylic acids is 1. The second-order valence-corrected chi connectivity index (χ2v) is 10.3. The van der Waals surface area contributed by atoms with Gasteiger partial charge in [0.05, 0.1) is 30.9 Å². The lowest BCUT2D eigenvalue weighted by Crippen LogP contribution is -2.17. The number of hydrogen-bond donors (Lipinski definition) is 4. The van der Waals surface area contributed by atoms with Crippen molar-refractivity contribution in [3.05, 3.63) is 123 Å². The lowest BCUT2D eigenvalue weighted by molar-refractivity contribution is -0.282. The molecule has 0 spiro atoms. The Morgan fingerprint density at radius 2 is 1.40 bits per heavy atom. The van der Waals surface area contributed by atoms with Crippen LogP contribution in [0.1, 0.15) is 64.5 Å². The van der Waals surface area contributed by atoms with Crippen LogP contribution in [0, 0.1) is 13.8 Å². The Hall–Kier alpha value is -5.07. The molecular weight excluding hydrogens is 580 g/mol. The molecule has 11 nitrogen and oxygen atoms in total. The van der Waals surface area contributed by atoms with E-state index in [-0.39, 0.29) is 24.3 Å². The summed E-state index contributed by atoms with van der Waals surface area (Å²) in [5.74, 6) is -2.24. The fraction of sp³-hybridized carbons (Fsp3) is 0.206. The largest absolute Gasteiger partial charge is 0.478 e. The third-order valence-corrected chi connectivity index (χ3v) is 7.16. The zero-order chi connectivity index (χ0) is 32.5. The lowest BCUT2D eigenvalue weighted by Gasteiger charge is -2.16. The molecule has 0 aliphatic heterocycles. The van der Waals surface area contributed by atoms with Crippen LogP contribution >= 0.6 is 0 Å². The van der Waals surface area contributed by atoms with Crippen molar-refractivity contribution in [1.82, 2.24) is 0 Å². The van der Waals surface area contributed by atoms with Gasteiger partial charge in [-0.05, 0) is 84.5 Å². The predicted octanol–water partition coefficient (Wildman–Crippen LogP) is 6.44. The Morgan fingerprint density at radius 1 is 0.733 bits per heavy atom. The number of aryl methyl sites for hydroxylation is 2. The molecule has 1 amide bonds. The van der Waals surface area contributed by atoms with Gasteiger partial charge in [-0.25, -0.2) is 24.3 Å². The molecule has 0 heterocycles. The molecule has 4 rings (SSSR count). The van der Waals surface area contributed by atoms with Gasteiger partial charge in [0.2, 0.25) is 0 Å². The van der Waals surface area contributed by atoms with Crippen molar-refractivity contribution in [2.24, 2.45) is 0 Å². The summed E-state index contributed by atoms with van der Waals surface area (Å²) in [5.41, 5.74) is 7.31. The topological polar surface area (TPSA) is 153 Å². The first kappa shape index (κ1) is 32.8. The van der Waals surface area contributed by atoms with Crippen LogP contribution in [-0.2, 0) is 39.0 Å². The van der Waals surface area contributed by atoms with Crippen LogP contribution in [0.5, 0.6) is 0 Å². The highest BCUT2D eigenvalue weighted by Crippen LogP contribution is 2.28. The number of benzene rings is 4. The van der Waals surface area contributed by atoms with Gasteiger partial charge in [-0.15, -0.1) is 0 Å². The SMILES string of the molecule is COOCc1ccc(C(=O)O)c(C(=O)Nc2ccc(Cc3ccc(Nc4cc(C(=O)OC)ccc4COO)c(C)c3)cc2C)c1. The third-order valence-electron chi connectivity index (χ3n) is 7.16. The Bertz CT molecular complexity index is 1720. The maximum atomic E-state index is 13.1. The standard InChI is InChI=1S/C34H34N2O9/c1-20-13-22(6-11-29(20)35-31-17-25(34(40)42-3)8-9-26(31)19-44-41)15-23-7-12-30(21(2)14-23)36-32(37)28-16-24(18-45-43-4)5-10-27(28)33(38)39/h5-14,16-17,35,41H,15,18-19H2,1-4H3,(H,36,37)(H,38,39). The molecule has 234 valence electrons. The molecule has 0 bridgehead atoms. The zero-order valence-electron chi connectivity index (χ0n) is 25.3. The number of carbonyl (C=O) groups is 3. The number of aromatic carboxylic acids is 1. The van der Waals surface area contributed by atoms with Crippen LogP contribution in [0.4, 0.5) is 17.1 Å². The molecular formula is C34H34N2O9. The maximum Gasteiger partial charge on any atom is 0.337 e. The second kappa shape index (κ2) is 15.1.